The second kappa shape index (κ2) is 6.94. The van der Waals surface area contributed by atoms with E-state index in [9.17, 15) is 13.2 Å². The molecule has 0 saturated carbocycles. The Hall–Kier alpha value is -2.03. The number of aromatic nitrogens is 2. The summed E-state index contributed by atoms with van der Waals surface area (Å²) >= 11 is 5.88. The third kappa shape index (κ3) is 3.44. The lowest BCUT2D eigenvalue weighted by molar-refractivity contribution is -0.117. The molecule has 0 bridgehead atoms. The molecule has 1 amide bonds. The molecule has 1 aliphatic heterocycles. The Balaban J connectivity index is 1.89. The predicted molar refractivity (Wildman–Crippen MR) is 98.4 cm³/mol. The zero-order valence-corrected chi connectivity index (χ0v) is 16.2. The highest BCUT2D eigenvalue weighted by Crippen LogP contribution is 2.42. The molecule has 9 heteroatoms. The lowest BCUT2D eigenvalue weighted by Crippen LogP contribution is -2.36. The van der Waals surface area contributed by atoms with E-state index in [4.69, 9.17) is 11.6 Å². The van der Waals surface area contributed by atoms with E-state index in [2.05, 4.69) is 15.3 Å². The fraction of sp³-hybridized carbons (Fsp3) is 0.353. The van der Waals surface area contributed by atoms with E-state index in [0.29, 0.717) is 11.3 Å². The zero-order chi connectivity index (χ0) is 19.1. The topological polar surface area (TPSA) is 92.3 Å². The highest BCUT2D eigenvalue weighted by atomic mass is 35.5. The number of rotatable bonds is 4. The molecule has 0 fully saturated rings. The first-order chi connectivity index (χ1) is 12.2. The Morgan fingerprint density at radius 3 is 2.65 bits per heavy atom. The highest BCUT2D eigenvalue weighted by Gasteiger charge is 2.44. The Labute approximate surface area is 157 Å². The van der Waals surface area contributed by atoms with Gasteiger partial charge in [-0.3, -0.25) is 10.1 Å². The van der Waals surface area contributed by atoms with Crippen LogP contribution in [0.15, 0.2) is 35.2 Å². The standard InChI is InChI=1S/C17H19ClN4O3S/c1-10(2)22-13(12-6-4-5-7-14(12)26(22,24)25)9-16(23)21-17-19-11(3)8-15(18)20-17/h4-8,10,13H,9H2,1-3H3,(H,19,20,21,23)/t13-/m0/s1. The van der Waals surface area contributed by atoms with Crippen LogP contribution < -0.4 is 5.32 Å². The lowest BCUT2D eigenvalue weighted by atomic mass is 10.0. The van der Waals surface area contributed by atoms with Crippen molar-refractivity contribution in [3.63, 3.8) is 0 Å². The predicted octanol–water partition coefficient (Wildman–Crippen LogP) is 2.92. The number of carbonyl (C=O) groups is 1. The van der Waals surface area contributed by atoms with Gasteiger partial charge in [0.05, 0.1) is 10.9 Å². The van der Waals surface area contributed by atoms with E-state index in [0.717, 1.165) is 0 Å². The summed E-state index contributed by atoms with van der Waals surface area (Å²) in [6.07, 6.45) is -0.0383. The molecule has 1 atom stereocenters. The second-order valence-corrected chi connectivity index (χ2v) is 8.59. The summed E-state index contributed by atoms with van der Waals surface area (Å²) in [6, 6.07) is 7.49. The summed E-state index contributed by atoms with van der Waals surface area (Å²) < 4.78 is 27.0. The van der Waals surface area contributed by atoms with Crippen molar-refractivity contribution in [1.29, 1.82) is 0 Å². The maximum absolute atomic E-state index is 12.8. The van der Waals surface area contributed by atoms with Crippen LogP contribution in [0.3, 0.4) is 0 Å². The summed E-state index contributed by atoms with van der Waals surface area (Å²) in [4.78, 5) is 20.9. The number of anilines is 1. The van der Waals surface area contributed by atoms with Crippen molar-refractivity contribution in [3.05, 3.63) is 46.7 Å². The van der Waals surface area contributed by atoms with E-state index in [1.54, 1.807) is 51.1 Å². The number of nitrogens with zero attached hydrogens (tertiary/aromatic N) is 3. The van der Waals surface area contributed by atoms with E-state index in [1.807, 2.05) is 0 Å². The van der Waals surface area contributed by atoms with Crippen LogP contribution >= 0.6 is 11.6 Å². The molecule has 0 spiro atoms. The van der Waals surface area contributed by atoms with Crippen molar-refractivity contribution in [2.75, 3.05) is 5.32 Å². The molecule has 1 aliphatic rings. The van der Waals surface area contributed by atoms with Crippen LogP contribution in [0.4, 0.5) is 5.95 Å². The molecule has 1 aromatic heterocycles. The van der Waals surface area contributed by atoms with Crippen LogP contribution in [0.25, 0.3) is 0 Å². The average molecular weight is 395 g/mol. The van der Waals surface area contributed by atoms with Gasteiger partial charge in [0.25, 0.3) is 0 Å². The minimum absolute atomic E-state index is 0.0383. The first-order valence-corrected chi connectivity index (χ1v) is 9.95. The third-order valence-corrected chi connectivity index (χ3v) is 6.45. The van der Waals surface area contributed by atoms with Gasteiger partial charge in [-0.25, -0.2) is 18.4 Å². The molecule has 7 nitrogen and oxygen atoms in total. The second-order valence-electron chi connectivity index (χ2n) is 6.39. The summed E-state index contributed by atoms with van der Waals surface area (Å²) in [5, 5.41) is 2.83. The Morgan fingerprint density at radius 2 is 2.00 bits per heavy atom. The number of benzene rings is 1. The van der Waals surface area contributed by atoms with Gasteiger partial charge in [0.15, 0.2) is 0 Å². The first-order valence-electron chi connectivity index (χ1n) is 8.13. The van der Waals surface area contributed by atoms with E-state index in [-0.39, 0.29) is 34.4 Å². The maximum atomic E-state index is 12.8. The van der Waals surface area contributed by atoms with Crippen LogP contribution in [0.2, 0.25) is 5.15 Å². The van der Waals surface area contributed by atoms with Gasteiger partial charge in [-0.05, 0) is 38.5 Å². The smallest absolute Gasteiger partial charge is 0.244 e. The number of nitrogens with one attached hydrogen (secondary N) is 1. The summed E-state index contributed by atoms with van der Waals surface area (Å²) in [5.74, 6) is -0.278. The van der Waals surface area contributed by atoms with Gasteiger partial charge in [0.2, 0.25) is 21.9 Å². The van der Waals surface area contributed by atoms with Crippen LogP contribution in [0.5, 0.6) is 0 Å². The number of hydrogen-bond donors (Lipinski definition) is 1. The first kappa shape index (κ1) is 18.8. The van der Waals surface area contributed by atoms with Crippen LogP contribution in [-0.2, 0) is 14.8 Å². The zero-order valence-electron chi connectivity index (χ0n) is 14.6. The quantitative estimate of drug-likeness (QED) is 0.805. The molecule has 3 rings (SSSR count). The van der Waals surface area contributed by atoms with Crippen LogP contribution in [0, 0.1) is 6.92 Å². The summed E-state index contributed by atoms with van der Waals surface area (Å²) in [5.41, 5.74) is 1.25. The number of fused-ring (bicyclic) bond motifs is 1. The van der Waals surface area contributed by atoms with Gasteiger partial charge in [-0.15, -0.1) is 0 Å². The largest absolute Gasteiger partial charge is 0.294 e. The van der Waals surface area contributed by atoms with E-state index in [1.165, 1.54) is 4.31 Å². The lowest BCUT2D eigenvalue weighted by Gasteiger charge is -2.26. The van der Waals surface area contributed by atoms with Gasteiger partial charge >= 0.3 is 0 Å². The molecule has 0 saturated heterocycles. The number of amides is 1. The number of carbonyl (C=O) groups excluding carboxylic acids is 1. The molecular weight excluding hydrogens is 376 g/mol. The molecular formula is C17H19ClN4O3S. The molecule has 0 radical (unpaired) electrons. The number of halogens is 1. The van der Waals surface area contributed by atoms with Gasteiger partial charge in [-0.1, -0.05) is 29.8 Å². The van der Waals surface area contributed by atoms with Gasteiger partial charge in [0.1, 0.15) is 5.15 Å². The van der Waals surface area contributed by atoms with Crippen molar-refractivity contribution in [2.45, 2.75) is 44.2 Å². The van der Waals surface area contributed by atoms with Crippen molar-refractivity contribution >= 4 is 33.5 Å². The molecule has 2 heterocycles. The molecule has 2 aromatic rings. The van der Waals surface area contributed by atoms with Crippen LogP contribution in [0.1, 0.15) is 37.6 Å². The SMILES string of the molecule is Cc1cc(Cl)nc(NC(=O)C[C@H]2c3ccccc3S(=O)(=O)N2C(C)C)n1. The molecule has 26 heavy (non-hydrogen) atoms. The fourth-order valence-corrected chi connectivity index (χ4v) is 5.48. The van der Waals surface area contributed by atoms with Crippen molar-refractivity contribution in [2.24, 2.45) is 0 Å². The van der Waals surface area contributed by atoms with Gasteiger partial charge in [-0.2, -0.15) is 4.31 Å². The van der Waals surface area contributed by atoms with Crippen molar-refractivity contribution in [1.82, 2.24) is 14.3 Å². The molecule has 1 N–H and O–H groups in total. The average Bonchev–Trinajstić information content (AvgIpc) is 2.74. The number of hydrogen-bond acceptors (Lipinski definition) is 5. The molecule has 0 unspecified atom stereocenters. The summed E-state index contributed by atoms with van der Waals surface area (Å²) in [6.45, 7) is 5.32. The Bertz CT molecular complexity index is 942. The fourth-order valence-electron chi connectivity index (χ4n) is 3.18. The van der Waals surface area contributed by atoms with Gasteiger partial charge in [0, 0.05) is 18.2 Å². The molecule has 138 valence electrons. The van der Waals surface area contributed by atoms with Crippen molar-refractivity contribution < 1.29 is 13.2 Å². The minimum Gasteiger partial charge on any atom is -0.294 e. The highest BCUT2D eigenvalue weighted by molar-refractivity contribution is 7.89. The maximum Gasteiger partial charge on any atom is 0.244 e. The Kier molecular flexibility index (Phi) is 5.01. The number of sulfonamides is 1. The van der Waals surface area contributed by atoms with Crippen molar-refractivity contribution in [3.8, 4) is 0 Å². The van der Waals surface area contributed by atoms with E-state index < -0.39 is 16.1 Å². The molecule has 1 aromatic carbocycles. The van der Waals surface area contributed by atoms with Crippen LogP contribution in [-0.4, -0.2) is 34.6 Å². The third-order valence-electron chi connectivity index (χ3n) is 4.10. The summed E-state index contributed by atoms with van der Waals surface area (Å²) in [7, 11) is -3.63. The minimum atomic E-state index is -3.63. The number of aryl methyl sites for hydroxylation is 1. The van der Waals surface area contributed by atoms with E-state index >= 15 is 0 Å². The monoisotopic (exact) mass is 394 g/mol. The Morgan fingerprint density at radius 1 is 1.31 bits per heavy atom. The normalized spacial score (nSPS) is 18.7. The van der Waals surface area contributed by atoms with Gasteiger partial charge < -0.3 is 0 Å². The molecule has 0 aliphatic carbocycles.